The summed E-state index contributed by atoms with van der Waals surface area (Å²) >= 11 is 11.7. The van der Waals surface area contributed by atoms with Crippen LogP contribution in [0, 0.1) is 0 Å². The van der Waals surface area contributed by atoms with Crippen LogP contribution in [0.1, 0.15) is 18.4 Å². The Morgan fingerprint density at radius 3 is 2.27 bits per heavy atom. The van der Waals surface area contributed by atoms with Gasteiger partial charge in [-0.3, -0.25) is 4.79 Å². The number of benzene rings is 2. The van der Waals surface area contributed by atoms with Gasteiger partial charge in [-0.05, 0) is 54.8 Å². The van der Waals surface area contributed by atoms with E-state index >= 15 is 0 Å². The van der Waals surface area contributed by atoms with Crippen molar-refractivity contribution in [2.45, 2.75) is 25.4 Å². The van der Waals surface area contributed by atoms with Crippen LogP contribution in [-0.2, 0) is 11.3 Å². The van der Waals surface area contributed by atoms with Crippen molar-refractivity contribution in [3.8, 4) is 0 Å². The van der Waals surface area contributed by atoms with Crippen molar-refractivity contribution in [1.82, 2.24) is 10.2 Å². The topological polar surface area (TPSA) is 61.4 Å². The van der Waals surface area contributed by atoms with Crippen LogP contribution in [0.25, 0.3) is 0 Å². The number of urea groups is 1. The minimum absolute atomic E-state index is 0.149. The average molecular weight is 392 g/mol. The van der Waals surface area contributed by atoms with Gasteiger partial charge in [0.25, 0.3) is 0 Å². The first kappa shape index (κ1) is 18.5. The van der Waals surface area contributed by atoms with Crippen molar-refractivity contribution < 1.29 is 9.59 Å². The molecule has 3 rings (SSSR count). The smallest absolute Gasteiger partial charge is 0.322 e. The van der Waals surface area contributed by atoms with Crippen LogP contribution < -0.4 is 10.6 Å². The van der Waals surface area contributed by atoms with E-state index in [0.29, 0.717) is 35.2 Å². The second kappa shape index (κ2) is 8.43. The van der Waals surface area contributed by atoms with Crippen LogP contribution in [0.3, 0.4) is 0 Å². The number of anilines is 1. The van der Waals surface area contributed by atoms with E-state index in [0.717, 1.165) is 12.0 Å². The molecule has 1 atom stereocenters. The average Bonchev–Trinajstić information content (AvgIpc) is 3.13. The SMILES string of the molecule is O=C(NCc1ccc(Cl)cc1)[C@H]1CCCN1C(=O)Nc1ccc(Cl)cc1. The second-order valence-electron chi connectivity index (χ2n) is 6.13. The van der Waals surface area contributed by atoms with Crippen LogP contribution in [0.4, 0.5) is 10.5 Å². The maximum absolute atomic E-state index is 12.5. The molecule has 0 unspecified atom stereocenters. The first-order valence-electron chi connectivity index (χ1n) is 8.38. The molecular formula is C19H19Cl2N3O2. The molecule has 136 valence electrons. The molecule has 2 aromatic rings. The molecular weight excluding hydrogens is 373 g/mol. The van der Waals surface area contributed by atoms with E-state index in [1.165, 1.54) is 0 Å². The number of likely N-dealkylation sites (tertiary alicyclic amines) is 1. The molecule has 1 aliphatic rings. The molecule has 1 aliphatic heterocycles. The number of rotatable bonds is 4. The Balaban J connectivity index is 1.57. The summed E-state index contributed by atoms with van der Waals surface area (Å²) in [4.78, 5) is 26.6. The number of nitrogens with zero attached hydrogens (tertiary/aromatic N) is 1. The summed E-state index contributed by atoms with van der Waals surface area (Å²) in [6, 6.07) is 13.4. The third-order valence-corrected chi connectivity index (χ3v) is 4.80. The molecule has 1 fully saturated rings. The predicted molar refractivity (Wildman–Crippen MR) is 103 cm³/mol. The Labute approximate surface area is 162 Å². The lowest BCUT2D eigenvalue weighted by Crippen LogP contribution is -2.47. The molecule has 2 aromatic carbocycles. The number of carbonyl (C=O) groups is 2. The Morgan fingerprint density at radius 2 is 1.62 bits per heavy atom. The molecule has 0 spiro atoms. The Bertz CT molecular complexity index is 778. The summed E-state index contributed by atoms with van der Waals surface area (Å²) in [5, 5.41) is 6.96. The zero-order chi connectivity index (χ0) is 18.5. The second-order valence-corrected chi connectivity index (χ2v) is 7.01. The van der Waals surface area contributed by atoms with Gasteiger partial charge in [0.15, 0.2) is 0 Å². The van der Waals surface area contributed by atoms with Gasteiger partial charge < -0.3 is 15.5 Å². The van der Waals surface area contributed by atoms with E-state index in [1.54, 1.807) is 41.3 Å². The van der Waals surface area contributed by atoms with Crippen LogP contribution in [0.5, 0.6) is 0 Å². The van der Waals surface area contributed by atoms with Crippen molar-refractivity contribution in [2.75, 3.05) is 11.9 Å². The summed E-state index contributed by atoms with van der Waals surface area (Å²) in [5.74, 6) is -0.149. The molecule has 1 heterocycles. The highest BCUT2D eigenvalue weighted by atomic mass is 35.5. The number of hydrogen-bond acceptors (Lipinski definition) is 2. The standard InChI is InChI=1S/C19H19Cl2N3O2/c20-14-5-3-13(4-6-14)12-22-18(25)17-2-1-11-24(17)19(26)23-16-9-7-15(21)8-10-16/h3-10,17H,1-2,11-12H2,(H,22,25)(H,23,26)/t17-/m1/s1. The third kappa shape index (κ3) is 4.68. The van der Waals surface area contributed by atoms with Crippen molar-refractivity contribution in [3.05, 3.63) is 64.1 Å². The predicted octanol–water partition coefficient (Wildman–Crippen LogP) is 4.31. The fourth-order valence-electron chi connectivity index (χ4n) is 2.92. The molecule has 5 nitrogen and oxygen atoms in total. The summed E-state index contributed by atoms with van der Waals surface area (Å²) < 4.78 is 0. The third-order valence-electron chi connectivity index (χ3n) is 4.29. The summed E-state index contributed by atoms with van der Waals surface area (Å²) in [6.45, 7) is 0.956. The quantitative estimate of drug-likeness (QED) is 0.815. The van der Waals surface area contributed by atoms with Crippen molar-refractivity contribution in [3.63, 3.8) is 0 Å². The van der Waals surface area contributed by atoms with Gasteiger partial charge in [0.1, 0.15) is 6.04 Å². The van der Waals surface area contributed by atoms with Gasteiger partial charge in [0.05, 0.1) is 0 Å². The van der Waals surface area contributed by atoms with Crippen LogP contribution in [-0.4, -0.2) is 29.4 Å². The summed E-state index contributed by atoms with van der Waals surface area (Å²) in [5.41, 5.74) is 1.60. The van der Waals surface area contributed by atoms with Crippen LogP contribution >= 0.6 is 23.2 Å². The van der Waals surface area contributed by atoms with Gasteiger partial charge in [0, 0.05) is 28.8 Å². The van der Waals surface area contributed by atoms with Gasteiger partial charge in [-0.15, -0.1) is 0 Å². The molecule has 7 heteroatoms. The summed E-state index contributed by atoms with van der Waals surface area (Å²) in [6.07, 6.45) is 1.45. The monoisotopic (exact) mass is 391 g/mol. The van der Waals surface area contributed by atoms with Crippen molar-refractivity contribution in [1.29, 1.82) is 0 Å². The van der Waals surface area contributed by atoms with E-state index in [4.69, 9.17) is 23.2 Å². The number of halogens is 2. The maximum atomic E-state index is 12.5. The van der Waals surface area contributed by atoms with E-state index < -0.39 is 6.04 Å². The van der Waals surface area contributed by atoms with E-state index in [9.17, 15) is 9.59 Å². The molecule has 0 aromatic heterocycles. The van der Waals surface area contributed by atoms with Gasteiger partial charge in [-0.2, -0.15) is 0 Å². The van der Waals surface area contributed by atoms with Gasteiger partial charge in [-0.25, -0.2) is 4.79 Å². The molecule has 0 radical (unpaired) electrons. The largest absolute Gasteiger partial charge is 0.350 e. The molecule has 0 aliphatic carbocycles. The van der Waals surface area contributed by atoms with Crippen molar-refractivity contribution in [2.24, 2.45) is 0 Å². The Hall–Kier alpha value is -2.24. The Kier molecular flexibility index (Phi) is 6.01. The molecule has 0 bridgehead atoms. The molecule has 3 amide bonds. The fourth-order valence-corrected chi connectivity index (χ4v) is 3.17. The summed E-state index contributed by atoms with van der Waals surface area (Å²) in [7, 11) is 0. The highest BCUT2D eigenvalue weighted by Crippen LogP contribution is 2.20. The minimum Gasteiger partial charge on any atom is -0.350 e. The zero-order valence-corrected chi connectivity index (χ0v) is 15.6. The van der Waals surface area contributed by atoms with E-state index in [1.807, 2.05) is 12.1 Å². The first-order chi connectivity index (χ1) is 12.5. The minimum atomic E-state index is -0.463. The van der Waals surface area contributed by atoms with Gasteiger partial charge in [-0.1, -0.05) is 35.3 Å². The van der Waals surface area contributed by atoms with Crippen LogP contribution in [0.15, 0.2) is 48.5 Å². The van der Waals surface area contributed by atoms with Crippen molar-refractivity contribution >= 4 is 40.8 Å². The molecule has 0 saturated carbocycles. The normalized spacial score (nSPS) is 16.4. The van der Waals surface area contributed by atoms with Crippen LogP contribution in [0.2, 0.25) is 10.0 Å². The number of amides is 3. The fraction of sp³-hybridized carbons (Fsp3) is 0.263. The van der Waals surface area contributed by atoms with E-state index in [-0.39, 0.29) is 11.9 Å². The number of hydrogen-bond donors (Lipinski definition) is 2. The highest BCUT2D eigenvalue weighted by Gasteiger charge is 2.34. The van der Waals surface area contributed by atoms with E-state index in [2.05, 4.69) is 10.6 Å². The Morgan fingerprint density at radius 1 is 1.00 bits per heavy atom. The zero-order valence-electron chi connectivity index (χ0n) is 14.0. The maximum Gasteiger partial charge on any atom is 0.322 e. The number of nitrogens with one attached hydrogen (secondary N) is 2. The lowest BCUT2D eigenvalue weighted by molar-refractivity contribution is -0.124. The van der Waals surface area contributed by atoms with Gasteiger partial charge in [0.2, 0.25) is 5.91 Å². The lowest BCUT2D eigenvalue weighted by atomic mass is 10.2. The molecule has 26 heavy (non-hydrogen) atoms. The first-order valence-corrected chi connectivity index (χ1v) is 9.14. The lowest BCUT2D eigenvalue weighted by Gasteiger charge is -2.24. The highest BCUT2D eigenvalue weighted by molar-refractivity contribution is 6.30. The molecule has 2 N–H and O–H groups in total. The molecule has 1 saturated heterocycles. The van der Waals surface area contributed by atoms with Gasteiger partial charge >= 0.3 is 6.03 Å². The number of carbonyl (C=O) groups excluding carboxylic acids is 2.